The minimum absolute atomic E-state index is 0. The molecule has 0 bridgehead atoms. The van der Waals surface area contributed by atoms with Crippen molar-refractivity contribution in [3.8, 4) is 34.1 Å². The van der Waals surface area contributed by atoms with Gasteiger partial charge < -0.3 is 19.3 Å². The molecule has 7 aromatic carbocycles. The molecule has 0 aliphatic heterocycles. The number of rotatable bonds is 5. The molecule has 2 N–H and O–H groups in total. The van der Waals surface area contributed by atoms with Crippen LogP contribution in [0.2, 0.25) is 0 Å². The summed E-state index contributed by atoms with van der Waals surface area (Å²) < 4.78 is 4.58. The molecule has 0 amide bonds. The van der Waals surface area contributed by atoms with Crippen molar-refractivity contribution in [3.05, 3.63) is 167 Å². The van der Waals surface area contributed by atoms with Crippen LogP contribution in [0.4, 0.5) is 5.69 Å². The van der Waals surface area contributed by atoms with Crippen molar-refractivity contribution in [2.24, 2.45) is 4.99 Å². The first kappa shape index (κ1) is 47.6. The van der Waals surface area contributed by atoms with Crippen molar-refractivity contribution in [1.82, 2.24) is 14.1 Å². The summed E-state index contributed by atoms with van der Waals surface area (Å²) >= 11 is 0. The molecule has 3 aromatic heterocycles. The van der Waals surface area contributed by atoms with Gasteiger partial charge in [0.25, 0.3) is 0 Å². The molecule has 0 saturated carbocycles. The molecule has 10 rings (SSSR count). The Balaban J connectivity index is 0.00000593. The number of aliphatic imine (C=N–C) groups is 1. The molecule has 10 aromatic rings. The first-order valence-electron chi connectivity index (χ1n) is 23.8. The number of nitrogens with zero attached hydrogens (tertiary/aromatic N) is 4. The summed E-state index contributed by atoms with van der Waals surface area (Å²) in [4.78, 5) is 9.94. The van der Waals surface area contributed by atoms with Crippen LogP contribution in [-0.4, -0.2) is 30.5 Å². The topological polar surface area (TPSA) is 75.6 Å². The molecule has 6 nitrogen and oxygen atoms in total. The molecule has 0 aliphatic carbocycles. The SMILES string of the molecule is CC(C)(C)c1ccc2c(c1)c1cc(C(C)(C)C)ccc1n2-c1ccc(-c2cccc(C=Nc3cccc4c(-n5c6ccc(C(C)(C)C)cc6c6cc(C(C)(C)C)ccc65)ccc(O)c34)n2)c(O)c1.[Pt]. The van der Waals surface area contributed by atoms with Gasteiger partial charge >= 0.3 is 0 Å². The Labute approximate surface area is 420 Å². The van der Waals surface area contributed by atoms with Crippen LogP contribution in [0.3, 0.4) is 0 Å². The molecule has 69 heavy (non-hydrogen) atoms. The first-order chi connectivity index (χ1) is 32.1. The zero-order valence-electron chi connectivity index (χ0n) is 41.9. The first-order valence-corrected chi connectivity index (χ1v) is 23.8. The van der Waals surface area contributed by atoms with Crippen LogP contribution < -0.4 is 0 Å². The number of phenolic OH excluding ortho intramolecular Hbond substituents is 2. The van der Waals surface area contributed by atoms with Crippen molar-refractivity contribution in [2.45, 2.75) is 105 Å². The number of phenols is 2. The molecule has 0 spiro atoms. The van der Waals surface area contributed by atoms with Crippen LogP contribution in [0.25, 0.3) is 77.0 Å². The Kier molecular flexibility index (Phi) is 11.6. The second-order valence-electron chi connectivity index (χ2n) is 22.8. The van der Waals surface area contributed by atoms with E-state index < -0.39 is 0 Å². The summed E-state index contributed by atoms with van der Waals surface area (Å²) in [6.07, 6.45) is 1.73. The van der Waals surface area contributed by atoms with Gasteiger partial charge in [-0.15, -0.1) is 0 Å². The molecule has 3 heterocycles. The van der Waals surface area contributed by atoms with Crippen molar-refractivity contribution in [3.63, 3.8) is 0 Å². The maximum atomic E-state index is 11.8. The molecule has 0 aliphatic rings. The van der Waals surface area contributed by atoms with E-state index in [1.807, 2.05) is 48.5 Å². The standard InChI is InChI=1S/C62H62N4O2.Pt/c1-59(2,3)37-19-25-52-45(31-37)46-32-38(60(4,5)6)20-26-53(46)65(52)42-23-24-43(57(68)35-42)49-17-13-15-41(64-49)36-63-50-18-14-16-44-51(29-30-56(67)58(44)50)66-54-27-21-39(61(7,8)9)33-47(54)48-34-40(62(10,11)12)22-28-55(48)66;/h13-36,67-68H,1-12H3;. The van der Waals surface area contributed by atoms with Gasteiger partial charge in [0.2, 0.25) is 0 Å². The number of pyridine rings is 1. The van der Waals surface area contributed by atoms with Gasteiger partial charge in [-0.25, -0.2) is 4.98 Å². The van der Waals surface area contributed by atoms with Gasteiger partial charge in [0.1, 0.15) is 11.5 Å². The maximum Gasteiger partial charge on any atom is 0.127 e. The summed E-state index contributed by atoms with van der Waals surface area (Å²) in [7, 11) is 0. The third-order valence-electron chi connectivity index (χ3n) is 13.8. The summed E-state index contributed by atoms with van der Waals surface area (Å²) in [6.45, 7) is 27.1. The minimum atomic E-state index is -0.00929. The molecule has 0 fully saturated rings. The molecule has 0 radical (unpaired) electrons. The quantitative estimate of drug-likeness (QED) is 0.169. The third-order valence-corrected chi connectivity index (χ3v) is 13.8. The van der Waals surface area contributed by atoms with E-state index in [1.54, 1.807) is 12.3 Å². The van der Waals surface area contributed by atoms with E-state index in [1.165, 1.54) is 43.8 Å². The van der Waals surface area contributed by atoms with Gasteiger partial charge in [0, 0.05) is 65.3 Å². The second-order valence-corrected chi connectivity index (χ2v) is 22.8. The van der Waals surface area contributed by atoms with Gasteiger partial charge in [-0.1, -0.05) is 126 Å². The molecule has 352 valence electrons. The Morgan fingerprint density at radius 2 is 0.913 bits per heavy atom. The van der Waals surface area contributed by atoms with Crippen LogP contribution in [0.15, 0.2) is 145 Å². The van der Waals surface area contributed by atoms with E-state index in [0.717, 1.165) is 38.8 Å². The van der Waals surface area contributed by atoms with E-state index in [4.69, 9.17) is 9.98 Å². The molecule has 0 unspecified atom stereocenters. The third kappa shape index (κ3) is 8.45. The van der Waals surface area contributed by atoms with E-state index in [9.17, 15) is 10.2 Å². The van der Waals surface area contributed by atoms with Gasteiger partial charge in [-0.05, 0) is 135 Å². The Hall–Kier alpha value is -6.49. The number of hydrogen-bond donors (Lipinski definition) is 2. The van der Waals surface area contributed by atoms with Crippen molar-refractivity contribution in [1.29, 1.82) is 0 Å². The molecule has 7 heteroatoms. The zero-order chi connectivity index (χ0) is 48.2. The van der Waals surface area contributed by atoms with Crippen LogP contribution in [0.5, 0.6) is 11.5 Å². The van der Waals surface area contributed by atoms with Gasteiger partial charge in [-0.2, -0.15) is 0 Å². The summed E-state index contributed by atoms with van der Waals surface area (Å²) in [5, 5.41) is 29.6. The Bertz CT molecular complexity index is 3550. The Morgan fingerprint density at radius 1 is 0.449 bits per heavy atom. The van der Waals surface area contributed by atoms with Gasteiger partial charge in [0.05, 0.1) is 56.4 Å². The number of hydrogen-bond acceptors (Lipinski definition) is 4. The van der Waals surface area contributed by atoms with Crippen LogP contribution in [-0.2, 0) is 42.7 Å². The summed E-state index contributed by atoms with van der Waals surface area (Å²) in [5.74, 6) is 0.291. The molecule has 0 saturated heterocycles. The number of aromatic nitrogens is 3. The van der Waals surface area contributed by atoms with Crippen molar-refractivity contribution < 1.29 is 31.3 Å². The maximum absolute atomic E-state index is 11.8. The summed E-state index contributed by atoms with van der Waals surface area (Å²) in [5.41, 5.74) is 13.8. The van der Waals surface area contributed by atoms with E-state index in [-0.39, 0.29) is 54.2 Å². The number of fused-ring (bicyclic) bond motifs is 7. The van der Waals surface area contributed by atoms with Crippen LogP contribution in [0.1, 0.15) is 111 Å². The predicted octanol–water partition coefficient (Wildman–Crippen LogP) is 16.4. The average molecular weight is 1090 g/mol. The fourth-order valence-corrected chi connectivity index (χ4v) is 9.79. The van der Waals surface area contributed by atoms with E-state index in [2.05, 4.69) is 177 Å². The monoisotopic (exact) mass is 1090 g/mol. The fourth-order valence-electron chi connectivity index (χ4n) is 9.79. The van der Waals surface area contributed by atoms with Gasteiger partial charge in [-0.3, -0.25) is 4.99 Å². The predicted molar refractivity (Wildman–Crippen MR) is 288 cm³/mol. The average Bonchev–Trinajstić information content (AvgIpc) is 3.79. The fraction of sp³-hybridized carbons (Fsp3) is 0.258. The second kappa shape index (κ2) is 16.9. The van der Waals surface area contributed by atoms with Gasteiger partial charge in [0.15, 0.2) is 0 Å². The smallest absolute Gasteiger partial charge is 0.127 e. The van der Waals surface area contributed by atoms with Crippen molar-refractivity contribution >= 4 is 66.3 Å². The van der Waals surface area contributed by atoms with Crippen LogP contribution in [0, 0.1) is 0 Å². The zero-order valence-corrected chi connectivity index (χ0v) is 44.1. The molecular weight excluding hydrogens is 1030 g/mol. The van der Waals surface area contributed by atoms with Crippen LogP contribution >= 0.6 is 0 Å². The minimum Gasteiger partial charge on any atom is -0.507 e. The normalized spacial score (nSPS) is 12.9. The van der Waals surface area contributed by atoms with Crippen molar-refractivity contribution in [2.75, 3.05) is 0 Å². The number of aromatic hydroxyl groups is 2. The Morgan fingerprint density at radius 3 is 1.38 bits per heavy atom. The molecule has 0 atom stereocenters. The molecular formula is C62H62N4O2Pt. The van der Waals surface area contributed by atoms with E-state index >= 15 is 0 Å². The number of benzene rings is 7. The van der Waals surface area contributed by atoms with E-state index in [0.29, 0.717) is 28.0 Å². The largest absolute Gasteiger partial charge is 0.507 e. The summed E-state index contributed by atoms with van der Waals surface area (Å²) in [6, 6.07) is 48.6.